The Kier molecular flexibility index (Phi) is 6.86. The molecule has 4 rings (SSSR count). The van der Waals surface area contributed by atoms with Crippen LogP contribution in [0.25, 0.3) is 0 Å². The van der Waals surface area contributed by atoms with E-state index in [1.54, 1.807) is 6.20 Å². The van der Waals surface area contributed by atoms with E-state index in [4.69, 9.17) is 14.2 Å². The van der Waals surface area contributed by atoms with Gasteiger partial charge in [-0.3, -0.25) is 4.90 Å². The van der Waals surface area contributed by atoms with Crippen molar-refractivity contribution in [1.82, 2.24) is 14.9 Å². The molecule has 0 amide bonds. The van der Waals surface area contributed by atoms with Gasteiger partial charge in [-0.25, -0.2) is 4.98 Å². The van der Waals surface area contributed by atoms with E-state index in [1.165, 1.54) is 5.56 Å². The zero-order chi connectivity index (χ0) is 22.7. The fourth-order valence-electron chi connectivity index (χ4n) is 5.19. The van der Waals surface area contributed by atoms with Gasteiger partial charge in [-0.05, 0) is 64.2 Å². The number of hydrogen-bond acceptors (Lipinski definition) is 7. The number of benzene rings is 1. The third kappa shape index (κ3) is 4.69. The first-order valence-electron chi connectivity index (χ1n) is 11.8. The van der Waals surface area contributed by atoms with Crippen LogP contribution < -0.4 is 14.2 Å². The van der Waals surface area contributed by atoms with Crippen molar-refractivity contribution in [2.24, 2.45) is 11.8 Å². The van der Waals surface area contributed by atoms with Crippen LogP contribution in [0.3, 0.4) is 0 Å². The molecule has 3 atom stereocenters. The summed E-state index contributed by atoms with van der Waals surface area (Å²) in [7, 11) is 0. The maximum Gasteiger partial charge on any atom is 0.319 e. The monoisotopic (exact) mass is 441 g/mol. The Labute approximate surface area is 190 Å². The van der Waals surface area contributed by atoms with E-state index >= 15 is 0 Å². The van der Waals surface area contributed by atoms with E-state index in [0.29, 0.717) is 37.0 Å². The Balaban J connectivity index is 1.51. The number of aromatic nitrogens is 2. The smallest absolute Gasteiger partial charge is 0.319 e. The fraction of sp³-hybridized carbons (Fsp3) is 0.600. The standard InChI is InChI=1S/C25H35N3O4/c1-5-30-23-21(13-26-24(27-23)31-6-2)25(29)11-10-19-15-28(16-22(19)25)14-18-8-7-9-20(12-18)32-17(3)4/h7-9,12-13,17,19,22,29H,5-6,10-11,14-16H2,1-4H3/t19-,22+,25-/m1/s1. The molecule has 2 fully saturated rings. The first-order chi connectivity index (χ1) is 15.4. The molecule has 1 aliphatic carbocycles. The van der Waals surface area contributed by atoms with Gasteiger partial charge in [0.15, 0.2) is 0 Å². The van der Waals surface area contributed by atoms with Gasteiger partial charge < -0.3 is 19.3 Å². The predicted molar refractivity (Wildman–Crippen MR) is 122 cm³/mol. The quantitative estimate of drug-likeness (QED) is 0.634. The molecular weight excluding hydrogens is 406 g/mol. The summed E-state index contributed by atoms with van der Waals surface area (Å²) < 4.78 is 17.1. The maximum atomic E-state index is 11.8. The number of likely N-dealkylation sites (tertiary alicyclic amines) is 1. The molecule has 0 bridgehead atoms. The number of hydrogen-bond donors (Lipinski definition) is 1. The molecular formula is C25H35N3O4. The summed E-state index contributed by atoms with van der Waals surface area (Å²) in [5.74, 6) is 1.90. The summed E-state index contributed by atoms with van der Waals surface area (Å²) in [4.78, 5) is 11.2. The molecule has 0 radical (unpaired) electrons. The highest BCUT2D eigenvalue weighted by molar-refractivity contribution is 5.34. The Hall–Kier alpha value is -2.38. The van der Waals surface area contributed by atoms with Crippen LogP contribution in [0, 0.1) is 11.8 Å². The second-order valence-electron chi connectivity index (χ2n) is 9.08. The van der Waals surface area contributed by atoms with Gasteiger partial charge in [-0.2, -0.15) is 4.98 Å². The predicted octanol–water partition coefficient (Wildman–Crippen LogP) is 3.79. The van der Waals surface area contributed by atoms with E-state index in [9.17, 15) is 5.11 Å². The van der Waals surface area contributed by atoms with E-state index < -0.39 is 5.60 Å². The highest BCUT2D eigenvalue weighted by Crippen LogP contribution is 2.52. The molecule has 174 valence electrons. The normalized spacial score (nSPS) is 25.2. The summed E-state index contributed by atoms with van der Waals surface area (Å²) in [6.45, 7) is 11.5. The lowest BCUT2D eigenvalue weighted by molar-refractivity contribution is -0.0101. The minimum Gasteiger partial charge on any atom is -0.491 e. The van der Waals surface area contributed by atoms with Gasteiger partial charge in [0.2, 0.25) is 5.88 Å². The minimum absolute atomic E-state index is 0.123. The second-order valence-corrected chi connectivity index (χ2v) is 9.08. The number of nitrogens with zero attached hydrogens (tertiary/aromatic N) is 3. The lowest BCUT2D eigenvalue weighted by atomic mass is 9.83. The van der Waals surface area contributed by atoms with Gasteiger partial charge in [0.25, 0.3) is 0 Å². The summed E-state index contributed by atoms with van der Waals surface area (Å²) in [6.07, 6.45) is 3.53. The molecule has 32 heavy (non-hydrogen) atoms. The lowest BCUT2D eigenvalue weighted by Gasteiger charge is -2.31. The van der Waals surface area contributed by atoms with Crippen molar-refractivity contribution >= 4 is 0 Å². The van der Waals surface area contributed by atoms with Gasteiger partial charge in [0.05, 0.1) is 24.9 Å². The average Bonchev–Trinajstić information content (AvgIpc) is 3.28. The topological polar surface area (TPSA) is 76.9 Å². The lowest BCUT2D eigenvalue weighted by Crippen LogP contribution is -2.35. The Morgan fingerprint density at radius 3 is 2.75 bits per heavy atom. The van der Waals surface area contributed by atoms with Crippen molar-refractivity contribution in [2.75, 3.05) is 26.3 Å². The first-order valence-corrected chi connectivity index (χ1v) is 11.8. The van der Waals surface area contributed by atoms with Crippen molar-refractivity contribution in [3.05, 3.63) is 41.6 Å². The molecule has 2 heterocycles. The number of rotatable bonds is 9. The average molecular weight is 442 g/mol. The fourth-order valence-corrected chi connectivity index (χ4v) is 5.19. The van der Waals surface area contributed by atoms with E-state index in [-0.39, 0.29) is 18.0 Å². The van der Waals surface area contributed by atoms with Crippen molar-refractivity contribution in [1.29, 1.82) is 0 Å². The Morgan fingerprint density at radius 2 is 2.00 bits per heavy atom. The van der Waals surface area contributed by atoms with Crippen LogP contribution >= 0.6 is 0 Å². The second kappa shape index (κ2) is 9.63. The molecule has 1 N–H and O–H groups in total. The molecule has 0 spiro atoms. The van der Waals surface area contributed by atoms with Crippen molar-refractivity contribution in [3.8, 4) is 17.6 Å². The van der Waals surface area contributed by atoms with Crippen LogP contribution in [0.4, 0.5) is 0 Å². The molecule has 1 aliphatic heterocycles. The molecule has 1 aromatic carbocycles. The van der Waals surface area contributed by atoms with Crippen LogP contribution in [0.2, 0.25) is 0 Å². The zero-order valence-electron chi connectivity index (χ0n) is 19.6. The summed E-state index contributed by atoms with van der Waals surface area (Å²) in [5.41, 5.74) is 0.924. The van der Waals surface area contributed by atoms with Gasteiger partial charge in [0.1, 0.15) is 11.4 Å². The van der Waals surface area contributed by atoms with Crippen molar-refractivity contribution < 1.29 is 19.3 Å². The minimum atomic E-state index is -0.989. The van der Waals surface area contributed by atoms with Crippen LogP contribution in [0.5, 0.6) is 17.6 Å². The molecule has 7 nitrogen and oxygen atoms in total. The molecule has 1 saturated carbocycles. The summed E-state index contributed by atoms with van der Waals surface area (Å²) >= 11 is 0. The molecule has 1 saturated heterocycles. The van der Waals surface area contributed by atoms with Crippen molar-refractivity contribution in [2.45, 2.75) is 58.8 Å². The van der Waals surface area contributed by atoms with Gasteiger partial charge in [-0.1, -0.05) is 12.1 Å². The Morgan fingerprint density at radius 1 is 1.19 bits per heavy atom. The Bertz CT molecular complexity index is 922. The third-order valence-electron chi connectivity index (χ3n) is 6.46. The van der Waals surface area contributed by atoms with E-state index in [1.807, 2.05) is 39.8 Å². The van der Waals surface area contributed by atoms with E-state index in [2.05, 4.69) is 27.0 Å². The highest BCUT2D eigenvalue weighted by Gasteiger charge is 2.53. The number of ether oxygens (including phenoxy) is 3. The van der Waals surface area contributed by atoms with Gasteiger partial charge in [0, 0.05) is 31.7 Å². The molecule has 1 aromatic heterocycles. The molecule has 7 heteroatoms. The SMILES string of the molecule is CCOc1ncc([C@]2(O)CC[C@@H]3CN(Cc4cccc(OC(C)C)c4)C[C@@H]32)c(OCC)n1. The summed E-state index contributed by atoms with van der Waals surface area (Å²) in [6, 6.07) is 8.59. The first kappa shape index (κ1) is 22.8. The van der Waals surface area contributed by atoms with Crippen LogP contribution in [-0.4, -0.2) is 52.4 Å². The summed E-state index contributed by atoms with van der Waals surface area (Å²) in [5, 5.41) is 11.8. The van der Waals surface area contributed by atoms with E-state index in [0.717, 1.165) is 31.8 Å². The van der Waals surface area contributed by atoms with Crippen LogP contribution in [0.15, 0.2) is 30.5 Å². The third-order valence-corrected chi connectivity index (χ3v) is 6.46. The zero-order valence-corrected chi connectivity index (χ0v) is 19.6. The highest BCUT2D eigenvalue weighted by atomic mass is 16.5. The van der Waals surface area contributed by atoms with Crippen molar-refractivity contribution in [3.63, 3.8) is 0 Å². The van der Waals surface area contributed by atoms with Crippen LogP contribution in [-0.2, 0) is 12.1 Å². The molecule has 0 unspecified atom stereocenters. The molecule has 2 aromatic rings. The van der Waals surface area contributed by atoms with Gasteiger partial charge in [-0.15, -0.1) is 0 Å². The molecule has 2 aliphatic rings. The van der Waals surface area contributed by atoms with Crippen LogP contribution in [0.1, 0.15) is 51.7 Å². The van der Waals surface area contributed by atoms with Gasteiger partial charge >= 0.3 is 6.01 Å². The number of fused-ring (bicyclic) bond motifs is 1. The largest absolute Gasteiger partial charge is 0.491 e. The number of aliphatic hydroxyl groups is 1. The maximum absolute atomic E-state index is 11.8.